The third-order valence-corrected chi connectivity index (χ3v) is 4.80. The number of ketones is 1. The van der Waals surface area contributed by atoms with Gasteiger partial charge in [0.25, 0.3) is 0 Å². The Kier molecular flexibility index (Phi) is 5.59. The number of hydrogen-bond acceptors (Lipinski definition) is 4. The lowest BCUT2D eigenvalue weighted by Crippen LogP contribution is -2.37. The summed E-state index contributed by atoms with van der Waals surface area (Å²) in [5.74, 6) is 1.21. The molecule has 2 aromatic rings. The zero-order valence-electron chi connectivity index (χ0n) is 14.1. The van der Waals surface area contributed by atoms with Crippen LogP contribution in [-0.4, -0.2) is 42.4 Å². The molecule has 1 aromatic carbocycles. The van der Waals surface area contributed by atoms with Crippen molar-refractivity contribution in [3.63, 3.8) is 0 Å². The van der Waals surface area contributed by atoms with E-state index in [0.29, 0.717) is 0 Å². The molecule has 0 aliphatic carbocycles. The Labute approximate surface area is 143 Å². The molecule has 0 N–H and O–H groups in total. The first-order valence-corrected chi connectivity index (χ1v) is 8.56. The predicted octanol–water partition coefficient (Wildman–Crippen LogP) is 3.23. The number of Topliss-reactive ketones (excluding diaryl/α,β-unsaturated/α-hetero) is 1. The predicted molar refractivity (Wildman–Crippen MR) is 94.4 cm³/mol. The molecule has 126 valence electrons. The fourth-order valence-electron chi connectivity index (χ4n) is 3.25. The number of rotatable bonds is 6. The van der Waals surface area contributed by atoms with Crippen LogP contribution in [0.4, 0.5) is 0 Å². The van der Waals surface area contributed by atoms with E-state index in [9.17, 15) is 4.79 Å². The van der Waals surface area contributed by atoms with Crippen LogP contribution in [0.5, 0.6) is 5.75 Å². The second kappa shape index (κ2) is 8.06. The quantitative estimate of drug-likeness (QED) is 0.765. The molecule has 2 heterocycles. The van der Waals surface area contributed by atoms with E-state index >= 15 is 0 Å². The smallest absolute Gasteiger partial charge is 0.166 e. The van der Waals surface area contributed by atoms with E-state index in [1.54, 1.807) is 7.11 Å². The highest BCUT2D eigenvalue weighted by molar-refractivity contribution is 5.98. The molecule has 1 aliphatic heterocycles. The molecule has 0 spiro atoms. The summed E-state index contributed by atoms with van der Waals surface area (Å²) in [7, 11) is 1.64. The van der Waals surface area contributed by atoms with E-state index in [0.717, 1.165) is 50.2 Å². The highest BCUT2D eigenvalue weighted by Crippen LogP contribution is 2.23. The Hall–Kier alpha value is -2.20. The van der Waals surface area contributed by atoms with Gasteiger partial charge >= 0.3 is 0 Å². The molecule has 24 heavy (non-hydrogen) atoms. The van der Waals surface area contributed by atoms with Crippen molar-refractivity contribution in [1.29, 1.82) is 0 Å². The lowest BCUT2D eigenvalue weighted by atomic mass is 9.89. The minimum absolute atomic E-state index is 0.149. The molecule has 0 atom stereocenters. The van der Waals surface area contributed by atoms with Crippen LogP contribution in [0.15, 0.2) is 48.8 Å². The van der Waals surface area contributed by atoms with Crippen molar-refractivity contribution in [3.05, 3.63) is 59.9 Å². The van der Waals surface area contributed by atoms with Gasteiger partial charge in [-0.15, -0.1) is 0 Å². The summed E-state index contributed by atoms with van der Waals surface area (Å²) in [5, 5.41) is 0. The summed E-state index contributed by atoms with van der Waals surface area (Å²) in [6, 6.07) is 11.6. The van der Waals surface area contributed by atoms with Gasteiger partial charge < -0.3 is 9.64 Å². The Balaban J connectivity index is 1.48. The fourth-order valence-corrected chi connectivity index (χ4v) is 3.25. The number of pyridine rings is 1. The van der Waals surface area contributed by atoms with Crippen LogP contribution in [0.25, 0.3) is 0 Å². The zero-order chi connectivity index (χ0) is 16.8. The average molecular weight is 324 g/mol. The lowest BCUT2D eigenvalue weighted by molar-refractivity contribution is 0.0841. The van der Waals surface area contributed by atoms with Crippen LogP contribution in [0.2, 0.25) is 0 Å². The molecule has 1 fully saturated rings. The second-order valence-electron chi connectivity index (χ2n) is 6.31. The van der Waals surface area contributed by atoms with Gasteiger partial charge in [-0.25, -0.2) is 0 Å². The van der Waals surface area contributed by atoms with E-state index in [-0.39, 0.29) is 11.7 Å². The van der Waals surface area contributed by atoms with Crippen molar-refractivity contribution < 1.29 is 9.53 Å². The van der Waals surface area contributed by atoms with Crippen molar-refractivity contribution in [2.45, 2.75) is 19.3 Å². The van der Waals surface area contributed by atoms with Gasteiger partial charge in [-0.3, -0.25) is 9.78 Å². The van der Waals surface area contributed by atoms with Crippen LogP contribution in [0, 0.1) is 5.92 Å². The molecule has 0 unspecified atom stereocenters. The van der Waals surface area contributed by atoms with Crippen LogP contribution in [-0.2, 0) is 6.42 Å². The standard InChI is InChI=1S/C20H24N2O2/c1-24-19-4-2-17(3-5-19)20(23)18-9-14-22(15-10-18)13-8-16-6-11-21-12-7-16/h2-7,11-12,18H,8-10,13-15H2,1H3. The highest BCUT2D eigenvalue weighted by Gasteiger charge is 2.25. The molecule has 3 rings (SSSR count). The third kappa shape index (κ3) is 4.20. The van der Waals surface area contributed by atoms with E-state index in [1.807, 2.05) is 36.7 Å². The fraction of sp³-hybridized carbons (Fsp3) is 0.400. The molecule has 0 bridgehead atoms. The lowest BCUT2D eigenvalue weighted by Gasteiger charge is -2.31. The first-order chi connectivity index (χ1) is 11.8. The van der Waals surface area contributed by atoms with Gasteiger partial charge in [0, 0.05) is 30.4 Å². The minimum Gasteiger partial charge on any atom is -0.497 e. The van der Waals surface area contributed by atoms with Crippen molar-refractivity contribution in [1.82, 2.24) is 9.88 Å². The van der Waals surface area contributed by atoms with Crippen molar-refractivity contribution >= 4 is 5.78 Å². The van der Waals surface area contributed by atoms with Gasteiger partial charge in [0.15, 0.2) is 5.78 Å². The normalized spacial score (nSPS) is 16.0. The van der Waals surface area contributed by atoms with Gasteiger partial charge in [0.1, 0.15) is 5.75 Å². The number of carbonyl (C=O) groups is 1. The number of nitrogens with zero attached hydrogens (tertiary/aromatic N) is 2. The Bertz CT molecular complexity index is 647. The zero-order valence-corrected chi connectivity index (χ0v) is 14.1. The molecule has 4 nitrogen and oxygen atoms in total. The molecule has 4 heteroatoms. The highest BCUT2D eigenvalue weighted by atomic mass is 16.5. The van der Waals surface area contributed by atoms with Gasteiger partial charge in [-0.05, 0) is 74.3 Å². The summed E-state index contributed by atoms with van der Waals surface area (Å²) in [6.07, 6.45) is 6.62. The number of methoxy groups -OCH3 is 1. The maximum Gasteiger partial charge on any atom is 0.166 e. The third-order valence-electron chi connectivity index (χ3n) is 4.80. The summed E-state index contributed by atoms with van der Waals surface area (Å²) >= 11 is 0. The van der Waals surface area contributed by atoms with E-state index in [1.165, 1.54) is 5.56 Å². The number of likely N-dealkylation sites (tertiary alicyclic amines) is 1. The SMILES string of the molecule is COc1ccc(C(=O)C2CCN(CCc3ccncc3)CC2)cc1. The molecule has 1 saturated heterocycles. The van der Waals surface area contributed by atoms with Crippen LogP contribution in [0.3, 0.4) is 0 Å². The van der Waals surface area contributed by atoms with Crippen LogP contribution in [0.1, 0.15) is 28.8 Å². The van der Waals surface area contributed by atoms with Crippen molar-refractivity contribution in [2.75, 3.05) is 26.7 Å². The minimum atomic E-state index is 0.149. The number of aromatic nitrogens is 1. The molecule has 0 radical (unpaired) electrons. The molecule has 1 aliphatic rings. The van der Waals surface area contributed by atoms with Gasteiger partial charge in [-0.1, -0.05) is 0 Å². The average Bonchev–Trinajstić information content (AvgIpc) is 2.67. The van der Waals surface area contributed by atoms with Gasteiger partial charge in [0.05, 0.1) is 7.11 Å². The van der Waals surface area contributed by atoms with Crippen LogP contribution < -0.4 is 4.74 Å². The molecular formula is C20H24N2O2. The van der Waals surface area contributed by atoms with Crippen LogP contribution >= 0.6 is 0 Å². The monoisotopic (exact) mass is 324 g/mol. The summed E-state index contributed by atoms with van der Waals surface area (Å²) < 4.78 is 5.15. The van der Waals surface area contributed by atoms with E-state index < -0.39 is 0 Å². The molecule has 0 amide bonds. The maximum absolute atomic E-state index is 12.6. The van der Waals surface area contributed by atoms with E-state index in [4.69, 9.17) is 4.74 Å². The van der Waals surface area contributed by atoms with E-state index in [2.05, 4.69) is 22.0 Å². The largest absolute Gasteiger partial charge is 0.497 e. The van der Waals surface area contributed by atoms with Crippen molar-refractivity contribution in [2.24, 2.45) is 5.92 Å². The number of carbonyl (C=O) groups excluding carboxylic acids is 1. The number of ether oxygens (including phenoxy) is 1. The Morgan fingerprint density at radius 2 is 1.79 bits per heavy atom. The number of hydrogen-bond donors (Lipinski definition) is 0. The summed E-state index contributed by atoms with van der Waals surface area (Å²) in [6.45, 7) is 3.04. The number of benzene rings is 1. The Morgan fingerprint density at radius 3 is 2.42 bits per heavy atom. The van der Waals surface area contributed by atoms with Crippen molar-refractivity contribution in [3.8, 4) is 5.75 Å². The first-order valence-electron chi connectivity index (χ1n) is 8.56. The second-order valence-corrected chi connectivity index (χ2v) is 6.31. The number of piperidine rings is 1. The molecule has 0 saturated carbocycles. The van der Waals surface area contributed by atoms with Gasteiger partial charge in [0.2, 0.25) is 0 Å². The first kappa shape index (κ1) is 16.7. The van der Waals surface area contributed by atoms with Gasteiger partial charge in [-0.2, -0.15) is 0 Å². The summed E-state index contributed by atoms with van der Waals surface area (Å²) in [4.78, 5) is 19.1. The Morgan fingerprint density at radius 1 is 1.12 bits per heavy atom. The maximum atomic E-state index is 12.6. The summed E-state index contributed by atoms with van der Waals surface area (Å²) in [5.41, 5.74) is 2.12. The molecule has 1 aromatic heterocycles. The molecular weight excluding hydrogens is 300 g/mol. The topological polar surface area (TPSA) is 42.4 Å².